The summed E-state index contributed by atoms with van der Waals surface area (Å²) in [6, 6.07) is 10.4. The second-order valence-corrected chi connectivity index (χ2v) is 4.51. The molecule has 98 valence electrons. The molecule has 2 heterocycles. The van der Waals surface area contributed by atoms with E-state index in [4.69, 9.17) is 5.73 Å². The predicted molar refractivity (Wildman–Crippen MR) is 76.7 cm³/mol. The Labute approximate surface area is 112 Å². The standard InChI is InChI=1S/C14H17N5/c15-6-7-16-13-9-14(18-10-17-13)19-8-5-11-3-1-2-4-12(11)19/h1-4,9-10H,5-8,15H2,(H,16,17,18). The van der Waals surface area contributed by atoms with Gasteiger partial charge in [0.15, 0.2) is 0 Å². The van der Waals surface area contributed by atoms with Crippen LogP contribution in [0, 0.1) is 0 Å². The Bertz CT molecular complexity index is 569. The molecule has 0 saturated carbocycles. The van der Waals surface area contributed by atoms with Gasteiger partial charge in [-0.25, -0.2) is 9.97 Å². The molecule has 0 bridgehead atoms. The highest BCUT2D eigenvalue weighted by atomic mass is 15.2. The average Bonchev–Trinajstić information content (AvgIpc) is 2.89. The molecule has 0 fully saturated rings. The van der Waals surface area contributed by atoms with Gasteiger partial charge in [-0.15, -0.1) is 0 Å². The Morgan fingerprint density at radius 3 is 3.05 bits per heavy atom. The van der Waals surface area contributed by atoms with Crippen molar-refractivity contribution in [3.63, 3.8) is 0 Å². The van der Waals surface area contributed by atoms with E-state index in [-0.39, 0.29) is 0 Å². The highest BCUT2D eigenvalue weighted by molar-refractivity contribution is 5.68. The van der Waals surface area contributed by atoms with Crippen LogP contribution in [0.1, 0.15) is 5.56 Å². The zero-order valence-electron chi connectivity index (χ0n) is 10.7. The first kappa shape index (κ1) is 11.9. The fourth-order valence-electron chi connectivity index (χ4n) is 2.37. The normalized spacial score (nSPS) is 13.4. The zero-order chi connectivity index (χ0) is 13.1. The molecule has 5 nitrogen and oxygen atoms in total. The second kappa shape index (κ2) is 5.24. The smallest absolute Gasteiger partial charge is 0.138 e. The largest absolute Gasteiger partial charge is 0.369 e. The summed E-state index contributed by atoms with van der Waals surface area (Å²) in [6.45, 7) is 2.27. The quantitative estimate of drug-likeness (QED) is 0.867. The van der Waals surface area contributed by atoms with E-state index in [1.165, 1.54) is 11.3 Å². The third kappa shape index (κ3) is 2.37. The molecule has 0 atom stereocenters. The van der Waals surface area contributed by atoms with E-state index in [0.717, 1.165) is 24.6 Å². The van der Waals surface area contributed by atoms with E-state index in [1.807, 2.05) is 6.07 Å². The summed E-state index contributed by atoms with van der Waals surface area (Å²) in [5.74, 6) is 1.75. The van der Waals surface area contributed by atoms with Crippen LogP contribution in [0.2, 0.25) is 0 Å². The van der Waals surface area contributed by atoms with Crippen LogP contribution in [0.4, 0.5) is 17.3 Å². The molecular weight excluding hydrogens is 238 g/mol. The first-order chi connectivity index (χ1) is 9.38. The van der Waals surface area contributed by atoms with Gasteiger partial charge in [-0.3, -0.25) is 0 Å². The molecule has 0 unspecified atom stereocenters. The minimum Gasteiger partial charge on any atom is -0.369 e. The maximum absolute atomic E-state index is 5.48. The molecular formula is C14H17N5. The molecule has 0 amide bonds. The predicted octanol–water partition coefficient (Wildman–Crippen LogP) is 1.54. The maximum Gasteiger partial charge on any atom is 0.138 e. The van der Waals surface area contributed by atoms with Crippen LogP contribution in [0.25, 0.3) is 0 Å². The number of aromatic nitrogens is 2. The number of anilines is 3. The molecule has 19 heavy (non-hydrogen) atoms. The van der Waals surface area contributed by atoms with Gasteiger partial charge in [0, 0.05) is 31.4 Å². The van der Waals surface area contributed by atoms with Crippen LogP contribution in [-0.4, -0.2) is 29.6 Å². The van der Waals surface area contributed by atoms with Gasteiger partial charge in [0.1, 0.15) is 18.0 Å². The van der Waals surface area contributed by atoms with Crippen molar-refractivity contribution in [1.29, 1.82) is 0 Å². The molecule has 5 heteroatoms. The zero-order valence-corrected chi connectivity index (χ0v) is 10.7. The molecule has 1 aromatic heterocycles. The summed E-state index contributed by atoms with van der Waals surface area (Å²) in [4.78, 5) is 10.8. The lowest BCUT2D eigenvalue weighted by Crippen LogP contribution is -2.17. The van der Waals surface area contributed by atoms with Crippen molar-refractivity contribution in [3.8, 4) is 0 Å². The molecule has 0 aliphatic carbocycles. The number of benzene rings is 1. The van der Waals surface area contributed by atoms with Crippen LogP contribution in [0.15, 0.2) is 36.7 Å². The summed E-state index contributed by atoms with van der Waals surface area (Å²) in [6.07, 6.45) is 2.65. The number of para-hydroxylation sites is 1. The van der Waals surface area contributed by atoms with Gasteiger partial charge in [-0.2, -0.15) is 0 Å². The number of hydrogen-bond acceptors (Lipinski definition) is 5. The van der Waals surface area contributed by atoms with Crippen LogP contribution < -0.4 is 16.0 Å². The minimum absolute atomic E-state index is 0.589. The van der Waals surface area contributed by atoms with Gasteiger partial charge >= 0.3 is 0 Å². The Kier molecular flexibility index (Phi) is 3.29. The van der Waals surface area contributed by atoms with E-state index in [9.17, 15) is 0 Å². The number of hydrogen-bond donors (Lipinski definition) is 2. The van der Waals surface area contributed by atoms with E-state index in [2.05, 4.69) is 44.5 Å². The molecule has 1 aliphatic rings. The van der Waals surface area contributed by atoms with Gasteiger partial charge in [0.05, 0.1) is 0 Å². The number of fused-ring (bicyclic) bond motifs is 1. The van der Waals surface area contributed by atoms with Crippen molar-refractivity contribution >= 4 is 17.3 Å². The van der Waals surface area contributed by atoms with Gasteiger partial charge in [0.25, 0.3) is 0 Å². The van der Waals surface area contributed by atoms with Crippen molar-refractivity contribution in [1.82, 2.24) is 9.97 Å². The van der Waals surface area contributed by atoms with E-state index < -0.39 is 0 Å². The first-order valence-electron chi connectivity index (χ1n) is 6.50. The van der Waals surface area contributed by atoms with Gasteiger partial charge in [0.2, 0.25) is 0 Å². The Hall–Kier alpha value is -2.14. The molecule has 3 N–H and O–H groups in total. The van der Waals surface area contributed by atoms with Crippen LogP contribution in [-0.2, 0) is 6.42 Å². The lowest BCUT2D eigenvalue weighted by molar-refractivity contribution is 0.957. The van der Waals surface area contributed by atoms with E-state index in [1.54, 1.807) is 6.33 Å². The maximum atomic E-state index is 5.48. The highest BCUT2D eigenvalue weighted by Crippen LogP contribution is 2.33. The van der Waals surface area contributed by atoms with Crippen molar-refractivity contribution < 1.29 is 0 Å². The monoisotopic (exact) mass is 255 g/mol. The minimum atomic E-state index is 0.589. The first-order valence-corrected chi connectivity index (χ1v) is 6.50. The third-order valence-electron chi connectivity index (χ3n) is 3.27. The van der Waals surface area contributed by atoms with Gasteiger partial charge in [-0.1, -0.05) is 18.2 Å². The average molecular weight is 255 g/mol. The van der Waals surface area contributed by atoms with E-state index in [0.29, 0.717) is 13.1 Å². The number of nitrogens with one attached hydrogen (secondary N) is 1. The molecule has 3 rings (SSSR count). The summed E-state index contributed by atoms with van der Waals surface area (Å²) in [5.41, 5.74) is 8.10. The molecule has 1 aromatic carbocycles. The summed E-state index contributed by atoms with van der Waals surface area (Å²) in [7, 11) is 0. The Morgan fingerprint density at radius 2 is 2.16 bits per heavy atom. The van der Waals surface area contributed by atoms with Gasteiger partial charge < -0.3 is 16.0 Å². The highest BCUT2D eigenvalue weighted by Gasteiger charge is 2.20. The summed E-state index contributed by atoms with van der Waals surface area (Å²) in [5, 5.41) is 3.18. The number of nitrogens with zero attached hydrogens (tertiary/aromatic N) is 3. The lowest BCUT2D eigenvalue weighted by atomic mass is 10.2. The van der Waals surface area contributed by atoms with Crippen molar-refractivity contribution in [3.05, 3.63) is 42.2 Å². The third-order valence-corrected chi connectivity index (χ3v) is 3.27. The Morgan fingerprint density at radius 1 is 1.26 bits per heavy atom. The van der Waals surface area contributed by atoms with Crippen LogP contribution in [0.5, 0.6) is 0 Å². The SMILES string of the molecule is NCCNc1cc(N2CCc3ccccc32)ncn1. The molecule has 1 aliphatic heterocycles. The van der Waals surface area contributed by atoms with Crippen molar-refractivity contribution in [2.24, 2.45) is 5.73 Å². The van der Waals surface area contributed by atoms with Crippen molar-refractivity contribution in [2.75, 3.05) is 29.9 Å². The second-order valence-electron chi connectivity index (χ2n) is 4.51. The molecule has 0 saturated heterocycles. The number of rotatable bonds is 4. The molecule has 0 spiro atoms. The topological polar surface area (TPSA) is 67.1 Å². The summed E-state index contributed by atoms with van der Waals surface area (Å²) >= 11 is 0. The molecule has 0 radical (unpaired) electrons. The number of nitrogens with two attached hydrogens (primary N) is 1. The van der Waals surface area contributed by atoms with Crippen molar-refractivity contribution in [2.45, 2.75) is 6.42 Å². The van der Waals surface area contributed by atoms with Crippen LogP contribution in [0.3, 0.4) is 0 Å². The Balaban J connectivity index is 1.87. The van der Waals surface area contributed by atoms with Crippen LogP contribution >= 0.6 is 0 Å². The fourth-order valence-corrected chi connectivity index (χ4v) is 2.37. The van der Waals surface area contributed by atoms with Gasteiger partial charge in [-0.05, 0) is 18.1 Å². The van der Waals surface area contributed by atoms with E-state index >= 15 is 0 Å². The lowest BCUT2D eigenvalue weighted by Gasteiger charge is -2.18. The summed E-state index contributed by atoms with van der Waals surface area (Å²) < 4.78 is 0. The molecule has 2 aromatic rings. The fraction of sp³-hybridized carbons (Fsp3) is 0.286.